The summed E-state index contributed by atoms with van der Waals surface area (Å²) >= 11 is 0. The van der Waals surface area contributed by atoms with E-state index in [4.69, 9.17) is 0 Å². The zero-order chi connectivity index (χ0) is 12.5. The number of benzene rings is 2. The van der Waals surface area contributed by atoms with E-state index < -0.39 is 0 Å². The lowest BCUT2D eigenvalue weighted by Crippen LogP contribution is -1.90. The molecule has 0 aliphatic heterocycles. The number of allylic oxidation sites excluding steroid dienone is 1. The third-order valence-corrected chi connectivity index (χ3v) is 3.68. The molecule has 0 unspecified atom stereocenters. The fraction of sp³-hybridized carbons (Fsp3) is 0.222. The van der Waals surface area contributed by atoms with Gasteiger partial charge in [0.15, 0.2) is 0 Å². The van der Waals surface area contributed by atoms with Gasteiger partial charge in [-0.3, -0.25) is 0 Å². The summed E-state index contributed by atoms with van der Waals surface area (Å²) in [5, 5.41) is 0. The van der Waals surface area contributed by atoms with Crippen LogP contribution in [0.3, 0.4) is 0 Å². The van der Waals surface area contributed by atoms with Crippen LogP contribution in [-0.2, 0) is 6.42 Å². The van der Waals surface area contributed by atoms with Gasteiger partial charge >= 0.3 is 0 Å². The third kappa shape index (κ3) is 1.88. The highest BCUT2D eigenvalue weighted by molar-refractivity contribution is 5.79. The summed E-state index contributed by atoms with van der Waals surface area (Å²) in [6.07, 6.45) is 5.58. The van der Waals surface area contributed by atoms with Gasteiger partial charge in [0, 0.05) is 0 Å². The van der Waals surface area contributed by atoms with E-state index in [1.54, 1.807) is 0 Å². The smallest absolute Gasteiger partial charge is 0.00879 e. The van der Waals surface area contributed by atoms with Crippen molar-refractivity contribution >= 4 is 6.08 Å². The molecule has 0 N–H and O–H groups in total. The van der Waals surface area contributed by atoms with E-state index in [9.17, 15) is 0 Å². The number of rotatable bonds is 2. The lowest BCUT2D eigenvalue weighted by molar-refractivity contribution is 0.867. The molecule has 90 valence electrons. The Balaban J connectivity index is 2.13. The molecule has 1 aliphatic carbocycles. The van der Waals surface area contributed by atoms with Crippen LogP contribution < -0.4 is 0 Å². The monoisotopic (exact) mass is 234 g/mol. The molecule has 0 radical (unpaired) electrons. The highest BCUT2D eigenvalue weighted by Gasteiger charge is 2.11. The van der Waals surface area contributed by atoms with E-state index in [-0.39, 0.29) is 0 Å². The molecule has 2 aromatic carbocycles. The van der Waals surface area contributed by atoms with Crippen molar-refractivity contribution < 1.29 is 0 Å². The van der Waals surface area contributed by atoms with Crippen molar-refractivity contribution in [2.24, 2.45) is 0 Å². The maximum Gasteiger partial charge on any atom is -0.00879 e. The Kier molecular flexibility index (Phi) is 2.79. The average molecular weight is 234 g/mol. The molecule has 0 nitrogen and oxygen atoms in total. The van der Waals surface area contributed by atoms with Crippen LogP contribution in [0, 0.1) is 0 Å². The maximum atomic E-state index is 2.33. The molecule has 0 saturated heterocycles. The molecule has 0 bridgehead atoms. The van der Waals surface area contributed by atoms with Crippen LogP contribution in [0.4, 0.5) is 0 Å². The molecule has 18 heavy (non-hydrogen) atoms. The van der Waals surface area contributed by atoms with E-state index in [0.29, 0.717) is 5.92 Å². The third-order valence-electron chi connectivity index (χ3n) is 3.68. The quantitative estimate of drug-likeness (QED) is 0.682. The molecule has 0 heterocycles. The largest absolute Gasteiger partial charge is 0.0795 e. The highest BCUT2D eigenvalue weighted by Crippen LogP contribution is 2.32. The number of fused-ring (bicyclic) bond motifs is 1. The van der Waals surface area contributed by atoms with Crippen molar-refractivity contribution in [3.63, 3.8) is 0 Å². The summed E-state index contributed by atoms with van der Waals surface area (Å²) < 4.78 is 0. The predicted molar refractivity (Wildman–Crippen MR) is 78.7 cm³/mol. The first kappa shape index (κ1) is 11.3. The zero-order valence-electron chi connectivity index (χ0n) is 11.0. The minimum absolute atomic E-state index is 0.581. The lowest BCUT2D eigenvalue weighted by Gasteiger charge is -2.11. The van der Waals surface area contributed by atoms with Crippen molar-refractivity contribution in [1.29, 1.82) is 0 Å². The van der Waals surface area contributed by atoms with Crippen LogP contribution in [0.5, 0.6) is 0 Å². The summed E-state index contributed by atoms with van der Waals surface area (Å²) in [4.78, 5) is 0. The van der Waals surface area contributed by atoms with Gasteiger partial charge in [0.2, 0.25) is 0 Å². The van der Waals surface area contributed by atoms with E-state index in [1.165, 1.54) is 27.8 Å². The van der Waals surface area contributed by atoms with Crippen molar-refractivity contribution in [3.05, 3.63) is 65.2 Å². The van der Waals surface area contributed by atoms with Crippen molar-refractivity contribution in [1.82, 2.24) is 0 Å². The van der Waals surface area contributed by atoms with Gasteiger partial charge in [0.25, 0.3) is 0 Å². The summed E-state index contributed by atoms with van der Waals surface area (Å²) in [6.45, 7) is 4.49. The van der Waals surface area contributed by atoms with Gasteiger partial charge in [0.1, 0.15) is 0 Å². The molecular weight excluding hydrogens is 216 g/mol. The molecule has 0 atom stereocenters. The van der Waals surface area contributed by atoms with Gasteiger partial charge in [-0.1, -0.05) is 68.5 Å². The molecule has 0 saturated carbocycles. The maximum absolute atomic E-state index is 2.33. The second-order valence-electron chi connectivity index (χ2n) is 5.27. The Morgan fingerprint density at radius 3 is 2.67 bits per heavy atom. The van der Waals surface area contributed by atoms with E-state index >= 15 is 0 Å². The van der Waals surface area contributed by atoms with Gasteiger partial charge in [-0.25, -0.2) is 0 Å². The Morgan fingerprint density at radius 1 is 1.00 bits per heavy atom. The number of hydrogen-bond acceptors (Lipinski definition) is 0. The first-order valence-corrected chi connectivity index (χ1v) is 6.64. The Labute approximate surface area is 109 Å². The van der Waals surface area contributed by atoms with Gasteiger partial charge in [-0.05, 0) is 40.2 Å². The van der Waals surface area contributed by atoms with E-state index in [2.05, 4.69) is 68.5 Å². The molecule has 0 spiro atoms. The molecule has 0 aromatic heterocycles. The van der Waals surface area contributed by atoms with Gasteiger partial charge in [-0.15, -0.1) is 0 Å². The van der Waals surface area contributed by atoms with Gasteiger partial charge in [0.05, 0.1) is 0 Å². The normalized spacial score (nSPS) is 13.1. The van der Waals surface area contributed by atoms with Crippen LogP contribution in [0.25, 0.3) is 17.2 Å². The summed E-state index contributed by atoms with van der Waals surface area (Å²) in [6, 6.07) is 15.6. The average Bonchev–Trinajstić information content (AvgIpc) is 2.87. The fourth-order valence-electron chi connectivity index (χ4n) is 2.61. The molecule has 0 amide bonds. The molecular formula is C18H18. The Hall–Kier alpha value is -1.82. The molecule has 1 aliphatic rings. The minimum atomic E-state index is 0.581. The van der Waals surface area contributed by atoms with Crippen molar-refractivity contribution in [2.45, 2.75) is 26.2 Å². The van der Waals surface area contributed by atoms with Crippen molar-refractivity contribution in [3.8, 4) is 11.1 Å². The first-order valence-electron chi connectivity index (χ1n) is 6.64. The highest BCUT2D eigenvalue weighted by atomic mass is 14.2. The van der Waals surface area contributed by atoms with Crippen LogP contribution >= 0.6 is 0 Å². The topological polar surface area (TPSA) is 0 Å². The second kappa shape index (κ2) is 4.45. The van der Waals surface area contributed by atoms with Crippen LogP contribution in [0.2, 0.25) is 0 Å². The van der Waals surface area contributed by atoms with Crippen LogP contribution in [0.15, 0.2) is 48.5 Å². The molecule has 0 heteroatoms. The Bertz CT molecular complexity index is 603. The fourth-order valence-corrected chi connectivity index (χ4v) is 2.61. The Morgan fingerprint density at radius 2 is 1.83 bits per heavy atom. The van der Waals surface area contributed by atoms with Gasteiger partial charge < -0.3 is 0 Å². The summed E-state index contributed by atoms with van der Waals surface area (Å²) in [7, 11) is 0. The van der Waals surface area contributed by atoms with Gasteiger partial charge in [-0.2, -0.15) is 0 Å². The molecule has 3 rings (SSSR count). The standard InChI is InChI=1S/C18H18/c1-13(2)15-8-3-9-16(12-15)18-11-5-7-14-6-4-10-17(14)18/h3-5,7-13H,6H2,1-2H3. The van der Waals surface area contributed by atoms with Crippen LogP contribution in [0.1, 0.15) is 36.5 Å². The summed E-state index contributed by atoms with van der Waals surface area (Å²) in [5.41, 5.74) is 6.96. The second-order valence-corrected chi connectivity index (χ2v) is 5.27. The van der Waals surface area contributed by atoms with E-state index in [1.807, 2.05) is 0 Å². The van der Waals surface area contributed by atoms with Crippen LogP contribution in [-0.4, -0.2) is 0 Å². The van der Waals surface area contributed by atoms with E-state index in [0.717, 1.165) is 6.42 Å². The SMILES string of the molecule is CC(C)c1cccc(-c2cccc3c2C=CC3)c1. The van der Waals surface area contributed by atoms with Crippen molar-refractivity contribution in [2.75, 3.05) is 0 Å². The lowest BCUT2D eigenvalue weighted by atomic mass is 9.93. The summed E-state index contributed by atoms with van der Waals surface area (Å²) in [5.74, 6) is 0.581. The minimum Gasteiger partial charge on any atom is -0.0795 e. The predicted octanol–water partition coefficient (Wildman–Crippen LogP) is 5.05. The molecule has 2 aromatic rings. The number of hydrogen-bond donors (Lipinski definition) is 0. The first-order chi connectivity index (χ1) is 8.75. The molecule has 0 fully saturated rings. The zero-order valence-corrected chi connectivity index (χ0v) is 11.0.